The van der Waals surface area contributed by atoms with Crippen LogP contribution in [0, 0.1) is 11.3 Å². The van der Waals surface area contributed by atoms with Crippen molar-refractivity contribution in [3.8, 4) is 11.8 Å². The smallest absolute Gasteiger partial charge is 0.259 e. The third kappa shape index (κ3) is 3.59. The Kier molecular flexibility index (Phi) is 4.75. The minimum absolute atomic E-state index is 0.0989. The van der Waals surface area contributed by atoms with Gasteiger partial charge in [-0.3, -0.25) is 4.79 Å². The number of hydrogen-bond acceptors (Lipinski definition) is 4. The van der Waals surface area contributed by atoms with Crippen molar-refractivity contribution in [1.29, 1.82) is 5.26 Å². The molecule has 0 aliphatic carbocycles. The monoisotopic (exact) mass is 272 g/mol. The van der Waals surface area contributed by atoms with Crippen LogP contribution in [0.25, 0.3) is 6.08 Å². The summed E-state index contributed by atoms with van der Waals surface area (Å²) >= 11 is 0. The molecule has 1 aliphatic rings. The second-order valence-corrected chi connectivity index (χ2v) is 4.52. The third-order valence-corrected chi connectivity index (χ3v) is 3.05. The second kappa shape index (κ2) is 6.73. The number of primary amides is 1. The molecule has 0 radical (unpaired) electrons. The quantitative estimate of drug-likeness (QED) is 0.652. The highest BCUT2D eigenvalue weighted by atomic mass is 16.5. The van der Waals surface area contributed by atoms with E-state index in [1.165, 1.54) is 6.08 Å². The van der Waals surface area contributed by atoms with Crippen LogP contribution < -0.4 is 10.5 Å². The number of hydrogen-bond donors (Lipinski definition) is 1. The Bertz CT molecular complexity index is 554. The van der Waals surface area contributed by atoms with E-state index in [1.807, 2.05) is 6.07 Å². The number of para-hydroxylation sites is 1. The van der Waals surface area contributed by atoms with Gasteiger partial charge in [-0.05, 0) is 25.0 Å². The molecule has 5 nitrogen and oxygen atoms in total. The maximum atomic E-state index is 11.1. The van der Waals surface area contributed by atoms with Gasteiger partial charge in [0.1, 0.15) is 24.0 Å². The van der Waals surface area contributed by atoms with Crippen molar-refractivity contribution in [2.75, 3.05) is 13.2 Å². The molecular weight excluding hydrogens is 256 g/mol. The first-order chi connectivity index (χ1) is 9.70. The summed E-state index contributed by atoms with van der Waals surface area (Å²) in [6.07, 6.45) is 3.59. The van der Waals surface area contributed by atoms with Gasteiger partial charge < -0.3 is 15.2 Å². The molecule has 1 fully saturated rings. The molecule has 0 spiro atoms. The Morgan fingerprint density at radius 3 is 3.00 bits per heavy atom. The SMILES string of the molecule is N#CC(=Cc1ccccc1OCC1CCCO1)C(N)=O. The molecule has 5 heteroatoms. The van der Waals surface area contributed by atoms with E-state index in [2.05, 4.69) is 0 Å². The summed E-state index contributed by atoms with van der Waals surface area (Å²) in [5, 5.41) is 8.87. The van der Waals surface area contributed by atoms with Gasteiger partial charge in [-0.15, -0.1) is 0 Å². The second-order valence-electron chi connectivity index (χ2n) is 4.52. The van der Waals surface area contributed by atoms with Crippen LogP contribution in [0.1, 0.15) is 18.4 Å². The minimum atomic E-state index is -0.749. The van der Waals surface area contributed by atoms with Gasteiger partial charge in [-0.25, -0.2) is 0 Å². The Labute approximate surface area is 117 Å². The maximum Gasteiger partial charge on any atom is 0.259 e. The zero-order valence-electron chi connectivity index (χ0n) is 11.0. The van der Waals surface area contributed by atoms with Crippen LogP contribution in [-0.2, 0) is 9.53 Å². The summed E-state index contributed by atoms with van der Waals surface area (Å²) in [5.74, 6) is -0.140. The van der Waals surface area contributed by atoms with Crippen LogP contribution in [0.2, 0.25) is 0 Å². The molecule has 1 aliphatic heterocycles. The number of rotatable bonds is 5. The van der Waals surface area contributed by atoms with Gasteiger partial charge in [0.05, 0.1) is 6.10 Å². The van der Waals surface area contributed by atoms with Crippen molar-refractivity contribution in [2.45, 2.75) is 18.9 Å². The lowest BCUT2D eigenvalue weighted by Crippen LogP contribution is -2.16. The molecule has 1 aromatic rings. The highest BCUT2D eigenvalue weighted by molar-refractivity contribution is 6.00. The van der Waals surface area contributed by atoms with Gasteiger partial charge in [0, 0.05) is 12.2 Å². The van der Waals surface area contributed by atoms with Gasteiger partial charge in [-0.2, -0.15) is 5.26 Å². The van der Waals surface area contributed by atoms with E-state index in [0.717, 1.165) is 19.4 Å². The normalized spacial score (nSPS) is 18.6. The fourth-order valence-electron chi connectivity index (χ4n) is 2.00. The molecule has 2 N–H and O–H groups in total. The molecule has 2 rings (SSSR count). The van der Waals surface area contributed by atoms with Crippen LogP contribution in [0.3, 0.4) is 0 Å². The third-order valence-electron chi connectivity index (χ3n) is 3.05. The van der Waals surface area contributed by atoms with Crippen molar-refractivity contribution in [3.63, 3.8) is 0 Å². The summed E-state index contributed by atoms with van der Waals surface area (Å²) < 4.78 is 11.2. The fourth-order valence-corrected chi connectivity index (χ4v) is 2.00. The summed E-state index contributed by atoms with van der Waals surface area (Å²) in [6.45, 7) is 1.24. The van der Waals surface area contributed by atoms with Crippen molar-refractivity contribution < 1.29 is 14.3 Å². The Morgan fingerprint density at radius 2 is 2.35 bits per heavy atom. The van der Waals surface area contributed by atoms with Gasteiger partial charge in [0.15, 0.2) is 0 Å². The molecule has 1 heterocycles. The first kappa shape index (κ1) is 14.1. The molecule has 0 aromatic heterocycles. The van der Waals surface area contributed by atoms with Crippen LogP contribution in [0.4, 0.5) is 0 Å². The number of carbonyl (C=O) groups is 1. The molecule has 1 amide bonds. The number of amides is 1. The number of nitriles is 1. The highest BCUT2D eigenvalue weighted by Gasteiger charge is 2.16. The molecule has 1 unspecified atom stereocenters. The van der Waals surface area contributed by atoms with E-state index >= 15 is 0 Å². The Balaban J connectivity index is 2.13. The molecule has 1 aromatic carbocycles. The average molecular weight is 272 g/mol. The number of ether oxygens (including phenoxy) is 2. The zero-order valence-corrected chi connectivity index (χ0v) is 11.0. The van der Waals surface area contributed by atoms with E-state index in [1.54, 1.807) is 24.3 Å². The first-order valence-corrected chi connectivity index (χ1v) is 6.45. The molecule has 1 atom stereocenters. The van der Waals surface area contributed by atoms with Gasteiger partial charge in [0.25, 0.3) is 5.91 Å². The number of nitrogens with zero attached hydrogens (tertiary/aromatic N) is 1. The van der Waals surface area contributed by atoms with Crippen molar-refractivity contribution in [3.05, 3.63) is 35.4 Å². The Morgan fingerprint density at radius 1 is 1.55 bits per heavy atom. The predicted octanol–water partition coefficient (Wildman–Crippen LogP) is 1.64. The van der Waals surface area contributed by atoms with Gasteiger partial charge >= 0.3 is 0 Å². The summed E-state index contributed by atoms with van der Waals surface area (Å²) in [7, 11) is 0. The predicted molar refractivity (Wildman–Crippen MR) is 73.7 cm³/mol. The van der Waals surface area contributed by atoms with Crippen LogP contribution in [0.5, 0.6) is 5.75 Å². The van der Waals surface area contributed by atoms with Crippen molar-refractivity contribution in [1.82, 2.24) is 0 Å². The Hall–Kier alpha value is -2.32. The van der Waals surface area contributed by atoms with E-state index in [9.17, 15) is 4.79 Å². The maximum absolute atomic E-state index is 11.1. The van der Waals surface area contributed by atoms with E-state index < -0.39 is 5.91 Å². The highest BCUT2D eigenvalue weighted by Crippen LogP contribution is 2.22. The summed E-state index contributed by atoms with van der Waals surface area (Å²) in [5.41, 5.74) is 5.68. The lowest BCUT2D eigenvalue weighted by molar-refractivity contribution is -0.114. The van der Waals surface area contributed by atoms with Crippen LogP contribution >= 0.6 is 0 Å². The van der Waals surface area contributed by atoms with Crippen LogP contribution in [0.15, 0.2) is 29.8 Å². The molecule has 20 heavy (non-hydrogen) atoms. The lowest BCUT2D eigenvalue weighted by Gasteiger charge is -2.13. The standard InChI is InChI=1S/C15H16N2O3/c16-9-12(15(17)18)8-11-4-1-2-6-14(11)20-10-13-5-3-7-19-13/h1-2,4,6,8,13H,3,5,7,10H2,(H2,17,18). The molecule has 0 bridgehead atoms. The number of nitrogens with two attached hydrogens (primary N) is 1. The number of benzene rings is 1. The van der Waals surface area contributed by atoms with Crippen molar-refractivity contribution in [2.24, 2.45) is 5.73 Å². The molecular formula is C15H16N2O3. The summed E-state index contributed by atoms with van der Waals surface area (Å²) in [4.78, 5) is 11.1. The van der Waals surface area contributed by atoms with E-state index in [-0.39, 0.29) is 11.7 Å². The summed E-state index contributed by atoms with van der Waals surface area (Å²) in [6, 6.07) is 8.98. The molecule has 0 saturated carbocycles. The largest absolute Gasteiger partial charge is 0.490 e. The lowest BCUT2D eigenvalue weighted by atomic mass is 10.1. The van der Waals surface area contributed by atoms with Crippen molar-refractivity contribution >= 4 is 12.0 Å². The van der Waals surface area contributed by atoms with Gasteiger partial charge in [0.2, 0.25) is 0 Å². The number of carbonyl (C=O) groups excluding carboxylic acids is 1. The zero-order chi connectivity index (χ0) is 14.4. The molecule has 1 saturated heterocycles. The van der Waals surface area contributed by atoms with Crippen LogP contribution in [-0.4, -0.2) is 25.2 Å². The minimum Gasteiger partial charge on any atom is -0.490 e. The van der Waals surface area contributed by atoms with Gasteiger partial charge in [-0.1, -0.05) is 18.2 Å². The average Bonchev–Trinajstić information content (AvgIpc) is 2.96. The molecule has 104 valence electrons. The fraction of sp³-hybridized carbons (Fsp3) is 0.333. The first-order valence-electron chi connectivity index (χ1n) is 6.45. The topological polar surface area (TPSA) is 85.3 Å². The van der Waals surface area contributed by atoms with E-state index in [0.29, 0.717) is 17.9 Å². The van der Waals surface area contributed by atoms with E-state index in [4.69, 9.17) is 20.5 Å².